The summed E-state index contributed by atoms with van der Waals surface area (Å²) in [6, 6.07) is 0. The van der Waals surface area contributed by atoms with Crippen molar-refractivity contribution < 1.29 is 21.5 Å². The van der Waals surface area contributed by atoms with E-state index in [1.54, 1.807) is 0 Å². The van der Waals surface area contributed by atoms with Crippen molar-refractivity contribution in [3.8, 4) is 0 Å². The van der Waals surface area contributed by atoms with E-state index in [4.69, 9.17) is 0 Å². The number of alkyl halides is 1. The molecule has 0 amide bonds. The van der Waals surface area contributed by atoms with Crippen LogP contribution in [0.15, 0.2) is 0 Å². The minimum absolute atomic E-state index is 0. The monoisotopic (exact) mass is 378 g/mol. The molecule has 0 bridgehead atoms. The van der Waals surface area contributed by atoms with Gasteiger partial charge in [-0.1, -0.05) is 37.2 Å². The second-order valence-corrected chi connectivity index (χ2v) is 5.84. The summed E-state index contributed by atoms with van der Waals surface area (Å²) in [5.41, 5.74) is 0. The molecular weight excluding hydrogens is 344 g/mol. The molecule has 0 atom stereocenters. The first-order chi connectivity index (χ1) is 6.71. The molecule has 0 fully saturated rings. The first kappa shape index (κ1) is 30.7. The summed E-state index contributed by atoms with van der Waals surface area (Å²) in [6.45, 7) is 5.62. The first-order valence-electron chi connectivity index (χ1n) is 5.68. The number of quaternary nitrogens is 1. The lowest BCUT2D eigenvalue weighted by Crippen LogP contribution is -3.00. The van der Waals surface area contributed by atoms with Gasteiger partial charge in [-0.3, -0.25) is 0 Å². The molecule has 0 rings (SSSR count). The van der Waals surface area contributed by atoms with Gasteiger partial charge in [0, 0.05) is 5.33 Å². The predicted octanol–water partition coefficient (Wildman–Crippen LogP) is 0.712. The Balaban J connectivity index is -0.0000000425. The third kappa shape index (κ3) is 108. The van der Waals surface area contributed by atoms with Crippen molar-refractivity contribution in [2.24, 2.45) is 0 Å². The summed E-state index contributed by atoms with van der Waals surface area (Å²) in [6.07, 6.45) is 2.52. The molecule has 0 saturated heterocycles. The van der Waals surface area contributed by atoms with Crippen molar-refractivity contribution in [3.05, 3.63) is 0 Å². The molecule has 0 heterocycles. The summed E-state index contributed by atoms with van der Waals surface area (Å²) in [4.78, 5) is 2.00. The zero-order chi connectivity index (χ0) is 12.9. The Bertz CT molecular complexity index is 97.3. The predicted molar refractivity (Wildman–Crippen MR) is 83.6 cm³/mol. The van der Waals surface area contributed by atoms with Gasteiger partial charge in [0.25, 0.3) is 0 Å². The van der Waals surface area contributed by atoms with Crippen LogP contribution >= 0.6 is 15.9 Å². The van der Waals surface area contributed by atoms with E-state index in [1.165, 1.54) is 19.4 Å². The number of halogens is 2. The lowest BCUT2D eigenvalue weighted by Gasteiger charge is -2.22. The van der Waals surface area contributed by atoms with Crippen molar-refractivity contribution in [2.75, 3.05) is 54.2 Å². The van der Waals surface area contributed by atoms with E-state index in [1.807, 2.05) is 26.0 Å². The zero-order valence-corrected chi connectivity index (χ0v) is 15.7. The maximum absolute atomic E-state index is 3.25. The van der Waals surface area contributed by atoms with E-state index in [2.05, 4.69) is 50.9 Å². The number of rotatable bonds is 3. The molecule has 0 aliphatic carbocycles. The van der Waals surface area contributed by atoms with Crippen LogP contribution in [0.4, 0.5) is 0 Å². The van der Waals surface area contributed by atoms with E-state index >= 15 is 0 Å². The molecular formula is C13H36Br2N2. The van der Waals surface area contributed by atoms with Crippen LogP contribution in [0.3, 0.4) is 0 Å². The quantitative estimate of drug-likeness (QED) is 0.515. The number of nitrogens with zero attached hydrogens (tertiary/aromatic N) is 2. The van der Waals surface area contributed by atoms with E-state index in [9.17, 15) is 0 Å². The maximum atomic E-state index is 3.25. The van der Waals surface area contributed by atoms with Gasteiger partial charge in [-0.05, 0) is 34.0 Å². The zero-order valence-electron chi connectivity index (χ0n) is 12.5. The van der Waals surface area contributed by atoms with Gasteiger partial charge in [-0.25, -0.2) is 0 Å². The Morgan fingerprint density at radius 2 is 1.18 bits per heavy atom. The van der Waals surface area contributed by atoms with Crippen LogP contribution in [0.1, 0.15) is 34.1 Å². The van der Waals surface area contributed by atoms with Gasteiger partial charge >= 0.3 is 0 Å². The largest absolute Gasteiger partial charge is 1.00 e. The highest BCUT2D eigenvalue weighted by atomic mass is 79.9. The van der Waals surface area contributed by atoms with E-state index in [0.717, 1.165) is 9.81 Å². The van der Waals surface area contributed by atoms with Crippen LogP contribution in [0.25, 0.3) is 0 Å². The van der Waals surface area contributed by atoms with Crippen molar-refractivity contribution in [1.82, 2.24) is 4.90 Å². The molecule has 0 radical (unpaired) electrons. The Morgan fingerprint density at radius 3 is 1.18 bits per heavy atom. The lowest BCUT2D eigenvalue weighted by atomic mass is 10.4. The number of hydrogen-bond acceptors (Lipinski definition) is 1. The summed E-state index contributed by atoms with van der Waals surface area (Å²) >= 11 is 3.25. The smallest absolute Gasteiger partial charge is 0.0777 e. The summed E-state index contributed by atoms with van der Waals surface area (Å²) in [5.74, 6) is 0. The minimum atomic E-state index is 0. The molecule has 2 nitrogen and oxygen atoms in total. The van der Waals surface area contributed by atoms with E-state index < -0.39 is 0 Å². The van der Waals surface area contributed by atoms with Gasteiger partial charge < -0.3 is 26.4 Å². The van der Waals surface area contributed by atoms with Gasteiger partial charge in [-0.15, -0.1) is 0 Å². The van der Waals surface area contributed by atoms with Crippen LogP contribution in [-0.4, -0.2) is 63.5 Å². The minimum Gasteiger partial charge on any atom is -1.00 e. The highest BCUT2D eigenvalue weighted by Crippen LogP contribution is 1.90. The average Bonchev–Trinajstić information content (AvgIpc) is 2.01. The third-order valence-corrected chi connectivity index (χ3v) is 1.88. The summed E-state index contributed by atoms with van der Waals surface area (Å²) < 4.78 is 1.09. The van der Waals surface area contributed by atoms with Crippen LogP contribution in [-0.2, 0) is 0 Å². The molecule has 4 heteroatoms. The van der Waals surface area contributed by atoms with Crippen molar-refractivity contribution >= 4 is 15.9 Å². The van der Waals surface area contributed by atoms with Crippen LogP contribution < -0.4 is 17.0 Å². The number of hydrogen-bond donors (Lipinski definition) is 0. The Morgan fingerprint density at radius 1 is 0.941 bits per heavy atom. The first-order valence-corrected chi connectivity index (χ1v) is 6.80. The fourth-order valence-corrected chi connectivity index (χ4v) is 0.671. The second-order valence-electron chi connectivity index (χ2n) is 5.04. The normalized spacial score (nSPS) is 8.82. The molecule has 0 aromatic heterocycles. The molecule has 0 N–H and O–H groups in total. The molecule has 0 aliphatic heterocycles. The highest BCUT2D eigenvalue weighted by molar-refractivity contribution is 9.09. The third-order valence-electron chi connectivity index (χ3n) is 1.08. The Labute approximate surface area is 130 Å². The fraction of sp³-hybridized carbons (Fsp3) is 1.00. The molecule has 0 saturated carbocycles. The molecule has 0 aromatic carbocycles. The summed E-state index contributed by atoms with van der Waals surface area (Å²) in [7, 11) is 12.6. The van der Waals surface area contributed by atoms with Crippen LogP contribution in [0, 0.1) is 0 Å². The van der Waals surface area contributed by atoms with Gasteiger partial charge in [0.05, 0.1) is 27.7 Å². The lowest BCUT2D eigenvalue weighted by molar-refractivity contribution is -0.870. The van der Waals surface area contributed by atoms with Crippen molar-refractivity contribution in [1.29, 1.82) is 0 Å². The Hall–Kier alpha value is 0.880. The van der Waals surface area contributed by atoms with Crippen LogP contribution in [0.5, 0.6) is 0 Å². The van der Waals surface area contributed by atoms with Crippen LogP contribution in [0.2, 0.25) is 0 Å². The molecule has 0 aromatic rings. The van der Waals surface area contributed by atoms with Crippen molar-refractivity contribution in [2.45, 2.75) is 34.1 Å². The van der Waals surface area contributed by atoms with E-state index in [-0.39, 0.29) is 24.4 Å². The topological polar surface area (TPSA) is 3.24 Å². The summed E-state index contributed by atoms with van der Waals surface area (Å²) in [5, 5.41) is 1.13. The molecule has 0 unspecified atom stereocenters. The fourth-order valence-electron chi connectivity index (χ4n) is 0.671. The average molecular weight is 380 g/mol. The molecule has 0 aliphatic rings. The second kappa shape index (κ2) is 22.1. The molecule has 0 spiro atoms. The van der Waals surface area contributed by atoms with Gasteiger partial charge in [0.1, 0.15) is 0 Å². The van der Waals surface area contributed by atoms with Gasteiger partial charge in [0.2, 0.25) is 0 Å². The van der Waals surface area contributed by atoms with Crippen molar-refractivity contribution in [3.63, 3.8) is 0 Å². The van der Waals surface area contributed by atoms with E-state index in [0.29, 0.717) is 0 Å². The molecule has 112 valence electrons. The Kier molecular flexibility index (Phi) is 39.9. The SMILES string of the molecule is C.CCCBr.CCC[N+](C)(C)C.CN(C)C.[Br-]. The highest BCUT2D eigenvalue weighted by Gasteiger charge is 2.01. The maximum Gasteiger partial charge on any atom is 0.0777 e. The van der Waals surface area contributed by atoms with Gasteiger partial charge in [0.15, 0.2) is 0 Å². The molecule has 17 heavy (non-hydrogen) atoms. The van der Waals surface area contributed by atoms with Gasteiger partial charge in [-0.2, -0.15) is 0 Å². The standard InChI is InChI=1S/C6H16N.C3H7Br.C3H9N.CH4.BrH/c1-5-6-7(2,3)4;1-2-3-4;1-4(2)3;;/h5-6H2,1-4H3;2-3H2,1H3;1-3H3;1H4;1H/q+1;;;;/p-1.